The molecule has 0 atom stereocenters. The fourth-order valence-corrected chi connectivity index (χ4v) is 2.91. The highest BCUT2D eigenvalue weighted by atomic mass is 32.1. The van der Waals surface area contributed by atoms with Crippen molar-refractivity contribution in [3.63, 3.8) is 0 Å². The molecule has 0 bridgehead atoms. The van der Waals surface area contributed by atoms with Crippen molar-refractivity contribution in [1.29, 1.82) is 0 Å². The molecule has 0 fully saturated rings. The fraction of sp³-hybridized carbons (Fsp3) is 0. The van der Waals surface area contributed by atoms with Gasteiger partial charge in [0, 0.05) is 5.38 Å². The van der Waals surface area contributed by atoms with E-state index in [0.29, 0.717) is 16.7 Å². The van der Waals surface area contributed by atoms with E-state index in [1.165, 1.54) is 11.5 Å². The molecule has 0 saturated carbocycles. The Labute approximate surface area is 141 Å². The summed E-state index contributed by atoms with van der Waals surface area (Å²) in [6.45, 7) is 0. The molecule has 0 amide bonds. The molecule has 2 aromatic heterocycles. The van der Waals surface area contributed by atoms with Crippen LogP contribution in [0.25, 0.3) is 28.7 Å². The summed E-state index contributed by atoms with van der Waals surface area (Å²) >= 11 is 1.28. The van der Waals surface area contributed by atoms with Crippen LogP contribution in [0.5, 0.6) is 0 Å². The van der Waals surface area contributed by atoms with Crippen molar-refractivity contribution in [1.82, 2.24) is 19.1 Å². The van der Waals surface area contributed by atoms with Gasteiger partial charge in [-0.1, -0.05) is 34.8 Å². The van der Waals surface area contributed by atoms with Crippen LogP contribution in [0.3, 0.4) is 0 Å². The molecule has 0 N–H and O–H groups in total. The van der Waals surface area contributed by atoms with Crippen LogP contribution in [-0.4, -0.2) is 19.1 Å². The SMILES string of the molecule is O=c1c2ccccc2nc(C=Cc2csnn2)n1-c1ccccc1. The van der Waals surface area contributed by atoms with Crippen LogP contribution in [-0.2, 0) is 0 Å². The van der Waals surface area contributed by atoms with Gasteiger partial charge in [0.1, 0.15) is 5.82 Å². The molecule has 2 aromatic carbocycles. The van der Waals surface area contributed by atoms with Crippen LogP contribution in [0.15, 0.2) is 64.8 Å². The first-order valence-electron chi connectivity index (χ1n) is 7.35. The number of nitrogens with zero attached hydrogens (tertiary/aromatic N) is 4. The summed E-state index contributed by atoms with van der Waals surface area (Å²) in [5.41, 5.74) is 2.09. The second kappa shape index (κ2) is 6.17. The summed E-state index contributed by atoms with van der Waals surface area (Å²) in [6, 6.07) is 16.8. The predicted molar refractivity (Wildman–Crippen MR) is 96.2 cm³/mol. The standard InChI is InChI=1S/C18H12N4OS/c23-18-15-8-4-5-9-16(15)19-17(11-10-13-12-24-21-20-13)22(18)14-6-2-1-3-7-14/h1-12H. The normalized spacial score (nSPS) is 11.3. The van der Waals surface area contributed by atoms with E-state index in [0.717, 1.165) is 11.4 Å². The van der Waals surface area contributed by atoms with Gasteiger partial charge in [-0.15, -0.1) is 5.10 Å². The summed E-state index contributed by atoms with van der Waals surface area (Å²) in [6.07, 6.45) is 3.59. The largest absolute Gasteiger partial charge is 0.268 e. The number of hydrogen-bond donors (Lipinski definition) is 0. The average molecular weight is 332 g/mol. The van der Waals surface area contributed by atoms with E-state index in [1.807, 2.05) is 53.9 Å². The maximum atomic E-state index is 13.0. The molecular weight excluding hydrogens is 320 g/mol. The Balaban J connectivity index is 1.98. The molecular formula is C18H12N4OS. The van der Waals surface area contributed by atoms with Crippen LogP contribution >= 0.6 is 11.5 Å². The molecule has 5 nitrogen and oxygen atoms in total. The lowest BCUT2D eigenvalue weighted by Crippen LogP contribution is -2.22. The van der Waals surface area contributed by atoms with Gasteiger partial charge in [-0.2, -0.15) is 0 Å². The van der Waals surface area contributed by atoms with Crippen LogP contribution in [0.1, 0.15) is 11.5 Å². The summed E-state index contributed by atoms with van der Waals surface area (Å²) < 4.78 is 5.44. The van der Waals surface area contributed by atoms with E-state index >= 15 is 0 Å². The van der Waals surface area contributed by atoms with E-state index in [-0.39, 0.29) is 5.56 Å². The zero-order valence-corrected chi connectivity index (χ0v) is 13.4. The van der Waals surface area contributed by atoms with Crippen molar-refractivity contribution in [2.75, 3.05) is 0 Å². The molecule has 0 unspecified atom stereocenters. The number of rotatable bonds is 3. The number of fused-ring (bicyclic) bond motifs is 1. The molecule has 6 heteroatoms. The first-order valence-corrected chi connectivity index (χ1v) is 8.19. The van der Waals surface area contributed by atoms with Gasteiger partial charge in [0.15, 0.2) is 0 Å². The highest BCUT2D eigenvalue weighted by molar-refractivity contribution is 7.03. The second-order valence-electron chi connectivity index (χ2n) is 5.13. The molecule has 2 heterocycles. The van der Waals surface area contributed by atoms with Gasteiger partial charge in [0.25, 0.3) is 5.56 Å². The van der Waals surface area contributed by atoms with Crippen LogP contribution < -0.4 is 5.56 Å². The Morgan fingerprint density at radius 1 is 0.958 bits per heavy atom. The lowest BCUT2D eigenvalue weighted by atomic mass is 10.2. The summed E-state index contributed by atoms with van der Waals surface area (Å²) in [5.74, 6) is 0.554. The minimum absolute atomic E-state index is 0.0946. The van der Waals surface area contributed by atoms with Gasteiger partial charge in [0.05, 0.1) is 22.3 Å². The number of para-hydroxylation sites is 2. The van der Waals surface area contributed by atoms with Crippen molar-refractivity contribution in [2.45, 2.75) is 0 Å². The van der Waals surface area contributed by atoms with E-state index < -0.39 is 0 Å². The number of hydrogen-bond acceptors (Lipinski definition) is 5. The molecule has 116 valence electrons. The highest BCUT2D eigenvalue weighted by Gasteiger charge is 2.10. The Kier molecular flexibility index (Phi) is 3.72. The maximum absolute atomic E-state index is 13.0. The van der Waals surface area contributed by atoms with E-state index in [2.05, 4.69) is 14.6 Å². The molecule has 0 spiro atoms. The van der Waals surface area contributed by atoms with E-state index in [4.69, 9.17) is 0 Å². The van der Waals surface area contributed by atoms with E-state index in [1.54, 1.807) is 22.8 Å². The van der Waals surface area contributed by atoms with Gasteiger partial charge in [-0.05, 0) is 47.9 Å². The quantitative estimate of drug-likeness (QED) is 0.577. The first-order chi connectivity index (χ1) is 11.8. The second-order valence-corrected chi connectivity index (χ2v) is 5.74. The minimum Gasteiger partial charge on any atom is -0.268 e. The third-order valence-electron chi connectivity index (χ3n) is 3.60. The molecule has 0 aliphatic heterocycles. The van der Waals surface area contributed by atoms with Gasteiger partial charge in [0.2, 0.25) is 0 Å². The molecule has 0 radical (unpaired) electrons. The van der Waals surface area contributed by atoms with Gasteiger partial charge >= 0.3 is 0 Å². The van der Waals surface area contributed by atoms with Crippen LogP contribution in [0.4, 0.5) is 0 Å². The zero-order valence-electron chi connectivity index (χ0n) is 12.5. The molecule has 4 rings (SSSR count). The predicted octanol–water partition coefficient (Wildman–Crippen LogP) is 3.41. The summed E-state index contributed by atoms with van der Waals surface area (Å²) in [7, 11) is 0. The van der Waals surface area contributed by atoms with Crippen molar-refractivity contribution >= 4 is 34.6 Å². The lowest BCUT2D eigenvalue weighted by Gasteiger charge is -2.11. The average Bonchev–Trinajstić information content (AvgIpc) is 3.14. The summed E-state index contributed by atoms with van der Waals surface area (Å²) in [5, 5.41) is 6.41. The minimum atomic E-state index is -0.0946. The molecule has 24 heavy (non-hydrogen) atoms. The van der Waals surface area contributed by atoms with Crippen molar-refractivity contribution < 1.29 is 0 Å². The number of aromatic nitrogens is 4. The Hall–Kier alpha value is -3.12. The maximum Gasteiger partial charge on any atom is 0.266 e. The van der Waals surface area contributed by atoms with Gasteiger partial charge in [-0.3, -0.25) is 9.36 Å². The van der Waals surface area contributed by atoms with Crippen molar-refractivity contribution in [3.8, 4) is 5.69 Å². The molecule has 0 aliphatic carbocycles. The highest BCUT2D eigenvalue weighted by Crippen LogP contribution is 2.15. The fourth-order valence-electron chi connectivity index (χ4n) is 2.49. The van der Waals surface area contributed by atoms with Gasteiger partial charge in [-0.25, -0.2) is 4.98 Å². The first kappa shape index (κ1) is 14.5. The third-order valence-corrected chi connectivity index (χ3v) is 4.12. The molecule has 0 saturated heterocycles. The van der Waals surface area contributed by atoms with Crippen LogP contribution in [0, 0.1) is 0 Å². The van der Waals surface area contributed by atoms with Crippen LogP contribution in [0.2, 0.25) is 0 Å². The Morgan fingerprint density at radius 2 is 1.75 bits per heavy atom. The lowest BCUT2D eigenvalue weighted by molar-refractivity contribution is 0.944. The third kappa shape index (κ3) is 2.63. The van der Waals surface area contributed by atoms with E-state index in [9.17, 15) is 4.79 Å². The van der Waals surface area contributed by atoms with Gasteiger partial charge < -0.3 is 0 Å². The zero-order chi connectivity index (χ0) is 16.4. The van der Waals surface area contributed by atoms with Crippen molar-refractivity contribution in [3.05, 3.63) is 81.8 Å². The van der Waals surface area contributed by atoms with Crippen molar-refractivity contribution in [2.24, 2.45) is 0 Å². The monoisotopic (exact) mass is 332 g/mol. The topological polar surface area (TPSA) is 60.7 Å². The Bertz CT molecular complexity index is 1070. The molecule has 0 aliphatic rings. The Morgan fingerprint density at radius 3 is 2.54 bits per heavy atom. The summed E-state index contributed by atoms with van der Waals surface area (Å²) in [4.78, 5) is 17.6. The smallest absolute Gasteiger partial charge is 0.266 e. The molecule has 4 aromatic rings. The number of benzene rings is 2.